The fourth-order valence-electron chi connectivity index (χ4n) is 5.82. The normalized spacial score (nSPS) is 13.4. The van der Waals surface area contributed by atoms with E-state index in [0.29, 0.717) is 17.6 Å². The maximum Gasteiger partial charge on any atom is 0.238 e. The van der Waals surface area contributed by atoms with Gasteiger partial charge in [-0.05, 0) is 49.4 Å². The first-order chi connectivity index (χ1) is 18.8. The maximum absolute atomic E-state index is 5.05. The first kappa shape index (κ1) is 21.6. The number of fused-ring (bicyclic) bond motifs is 7. The van der Waals surface area contributed by atoms with Crippen LogP contribution in [0.2, 0.25) is 0 Å². The number of aryl methyl sites for hydroxylation is 2. The fourth-order valence-corrected chi connectivity index (χ4v) is 7.12. The molecule has 38 heavy (non-hydrogen) atoms. The Morgan fingerprint density at radius 1 is 0.658 bits per heavy atom. The lowest BCUT2D eigenvalue weighted by molar-refractivity contribution is 0.700. The maximum atomic E-state index is 5.05. The third-order valence-corrected chi connectivity index (χ3v) is 8.79. The van der Waals surface area contributed by atoms with Gasteiger partial charge in [0.15, 0.2) is 11.6 Å². The van der Waals surface area contributed by atoms with Crippen molar-refractivity contribution in [3.05, 3.63) is 102 Å². The van der Waals surface area contributed by atoms with Crippen LogP contribution in [0.5, 0.6) is 0 Å². The Morgan fingerprint density at radius 3 is 2.11 bits per heavy atom. The molecule has 182 valence electrons. The van der Waals surface area contributed by atoms with Crippen molar-refractivity contribution in [2.45, 2.75) is 25.7 Å². The van der Waals surface area contributed by atoms with Gasteiger partial charge >= 0.3 is 0 Å². The number of rotatable bonds is 3. The van der Waals surface area contributed by atoms with Crippen molar-refractivity contribution in [3.63, 3.8) is 0 Å². The van der Waals surface area contributed by atoms with Crippen molar-refractivity contribution in [1.82, 2.24) is 24.5 Å². The SMILES string of the molecule is c1ccc(-c2nc(-c3ccccc3)nc(-n3c4ccncc4c4c5c6c(sc5ccc43)CCCC6)n2)cc1. The molecule has 0 aliphatic heterocycles. The van der Waals surface area contributed by atoms with Crippen molar-refractivity contribution < 1.29 is 0 Å². The molecule has 4 aromatic heterocycles. The molecule has 0 amide bonds. The Balaban J connectivity index is 1.48. The number of aromatic nitrogens is 5. The van der Waals surface area contributed by atoms with Crippen molar-refractivity contribution in [1.29, 1.82) is 0 Å². The minimum absolute atomic E-state index is 0.618. The minimum Gasteiger partial charge on any atom is -0.278 e. The molecule has 5 nitrogen and oxygen atoms in total. The summed E-state index contributed by atoms with van der Waals surface area (Å²) in [7, 11) is 0. The molecule has 0 unspecified atom stereocenters. The standard InChI is InChI=1S/C32H23N5S/c1-3-9-20(10-4-1)30-34-31(21-11-5-2-6-12-21)36-32(35-30)37-24-17-18-33-19-23(24)28-25(37)15-16-27-29(28)22-13-7-8-14-26(22)38-27/h1-6,9-12,15-19H,7-8,13-14H2. The summed E-state index contributed by atoms with van der Waals surface area (Å²) >= 11 is 1.96. The van der Waals surface area contributed by atoms with Crippen LogP contribution in [-0.2, 0) is 12.8 Å². The lowest BCUT2D eigenvalue weighted by Crippen LogP contribution is -2.06. The molecule has 0 saturated carbocycles. The molecule has 8 rings (SSSR count). The summed E-state index contributed by atoms with van der Waals surface area (Å²) < 4.78 is 3.55. The number of pyridine rings is 1. The second kappa shape index (κ2) is 8.57. The van der Waals surface area contributed by atoms with Gasteiger partial charge in [-0.15, -0.1) is 11.3 Å². The predicted molar refractivity (Wildman–Crippen MR) is 155 cm³/mol. The van der Waals surface area contributed by atoms with Crippen molar-refractivity contribution in [2.24, 2.45) is 0 Å². The Bertz CT molecular complexity index is 1910. The summed E-state index contributed by atoms with van der Waals surface area (Å²) in [5, 5.41) is 3.79. The van der Waals surface area contributed by atoms with E-state index in [2.05, 4.69) is 27.8 Å². The highest BCUT2D eigenvalue weighted by molar-refractivity contribution is 7.19. The lowest BCUT2D eigenvalue weighted by atomic mass is 9.94. The van der Waals surface area contributed by atoms with E-state index in [4.69, 9.17) is 15.0 Å². The van der Waals surface area contributed by atoms with Gasteiger partial charge < -0.3 is 0 Å². The number of hydrogen-bond donors (Lipinski definition) is 0. The van der Waals surface area contributed by atoms with Gasteiger partial charge in [0.2, 0.25) is 5.95 Å². The van der Waals surface area contributed by atoms with Gasteiger partial charge in [0.05, 0.1) is 11.0 Å². The van der Waals surface area contributed by atoms with Crippen molar-refractivity contribution in [2.75, 3.05) is 0 Å². The Kier molecular flexibility index (Phi) is 4.88. The Morgan fingerprint density at radius 2 is 1.37 bits per heavy atom. The van der Waals surface area contributed by atoms with Crippen LogP contribution in [0.4, 0.5) is 0 Å². The topological polar surface area (TPSA) is 56.5 Å². The molecule has 6 heteroatoms. The van der Waals surface area contributed by atoms with E-state index >= 15 is 0 Å². The molecule has 1 aliphatic carbocycles. The van der Waals surface area contributed by atoms with Gasteiger partial charge in [-0.1, -0.05) is 60.7 Å². The molecule has 0 bridgehead atoms. The molecular formula is C32H23N5S. The number of thiophene rings is 1. The molecule has 0 atom stereocenters. The molecule has 0 fully saturated rings. The van der Waals surface area contributed by atoms with E-state index in [1.807, 2.05) is 84.4 Å². The molecule has 0 N–H and O–H groups in total. The molecular weight excluding hydrogens is 486 g/mol. The Hall–Kier alpha value is -4.42. The minimum atomic E-state index is 0.618. The summed E-state index contributed by atoms with van der Waals surface area (Å²) in [6, 6.07) is 26.9. The summed E-state index contributed by atoms with van der Waals surface area (Å²) in [6.07, 6.45) is 8.71. The van der Waals surface area contributed by atoms with Crippen LogP contribution in [0.25, 0.3) is 60.6 Å². The first-order valence-electron chi connectivity index (χ1n) is 13.0. The van der Waals surface area contributed by atoms with Gasteiger partial charge in [-0.2, -0.15) is 9.97 Å². The van der Waals surface area contributed by atoms with E-state index in [1.165, 1.54) is 40.3 Å². The van der Waals surface area contributed by atoms with Crippen LogP contribution < -0.4 is 0 Å². The quantitative estimate of drug-likeness (QED) is 0.244. The fraction of sp³-hybridized carbons (Fsp3) is 0.125. The van der Waals surface area contributed by atoms with Crippen molar-refractivity contribution in [3.8, 4) is 28.7 Å². The lowest BCUT2D eigenvalue weighted by Gasteiger charge is -2.11. The average molecular weight is 510 g/mol. The van der Waals surface area contributed by atoms with Crippen LogP contribution in [0.15, 0.2) is 91.3 Å². The molecule has 0 spiro atoms. The largest absolute Gasteiger partial charge is 0.278 e. The molecule has 1 aliphatic rings. The number of benzene rings is 3. The third-order valence-electron chi connectivity index (χ3n) is 7.53. The molecule has 0 radical (unpaired) electrons. The van der Waals surface area contributed by atoms with Crippen LogP contribution in [0.3, 0.4) is 0 Å². The number of nitrogens with zero attached hydrogens (tertiary/aromatic N) is 5. The zero-order chi connectivity index (χ0) is 25.1. The Labute approximate surface area is 223 Å². The van der Waals surface area contributed by atoms with E-state index in [-0.39, 0.29) is 0 Å². The third kappa shape index (κ3) is 3.30. The van der Waals surface area contributed by atoms with Crippen LogP contribution >= 0.6 is 11.3 Å². The molecule has 4 heterocycles. The second-order valence-corrected chi connectivity index (χ2v) is 10.9. The highest BCUT2D eigenvalue weighted by atomic mass is 32.1. The van der Waals surface area contributed by atoms with E-state index in [1.54, 1.807) is 4.88 Å². The summed E-state index contributed by atoms with van der Waals surface area (Å²) in [5.74, 6) is 1.94. The van der Waals surface area contributed by atoms with E-state index in [9.17, 15) is 0 Å². The summed E-state index contributed by atoms with van der Waals surface area (Å²) in [4.78, 5) is 21.1. The first-order valence-corrected chi connectivity index (χ1v) is 13.9. The average Bonchev–Trinajstić information content (AvgIpc) is 3.53. The molecule has 3 aromatic carbocycles. The van der Waals surface area contributed by atoms with Gasteiger partial charge in [-0.3, -0.25) is 9.55 Å². The molecule has 7 aromatic rings. The zero-order valence-corrected chi connectivity index (χ0v) is 21.4. The second-order valence-electron chi connectivity index (χ2n) is 9.79. The van der Waals surface area contributed by atoms with E-state index in [0.717, 1.165) is 34.0 Å². The highest BCUT2D eigenvalue weighted by Crippen LogP contribution is 2.44. The van der Waals surface area contributed by atoms with Crippen LogP contribution in [-0.4, -0.2) is 24.5 Å². The van der Waals surface area contributed by atoms with Crippen LogP contribution in [0.1, 0.15) is 23.3 Å². The highest BCUT2D eigenvalue weighted by Gasteiger charge is 2.23. The number of hydrogen-bond acceptors (Lipinski definition) is 5. The van der Waals surface area contributed by atoms with Gasteiger partial charge in [0, 0.05) is 49.3 Å². The smallest absolute Gasteiger partial charge is 0.238 e. The van der Waals surface area contributed by atoms with Crippen molar-refractivity contribution >= 4 is 43.2 Å². The zero-order valence-electron chi connectivity index (χ0n) is 20.6. The van der Waals surface area contributed by atoms with E-state index < -0.39 is 0 Å². The summed E-state index contributed by atoms with van der Waals surface area (Å²) in [5.41, 5.74) is 5.61. The van der Waals surface area contributed by atoms with Gasteiger partial charge in [0.25, 0.3) is 0 Å². The van der Waals surface area contributed by atoms with Gasteiger partial charge in [-0.25, -0.2) is 4.98 Å². The predicted octanol–water partition coefficient (Wildman–Crippen LogP) is 7.79. The van der Waals surface area contributed by atoms with Crippen LogP contribution in [0, 0.1) is 0 Å². The monoisotopic (exact) mass is 509 g/mol. The van der Waals surface area contributed by atoms with Gasteiger partial charge in [0.1, 0.15) is 0 Å². The summed E-state index contributed by atoms with van der Waals surface area (Å²) in [6.45, 7) is 0. The molecule has 0 saturated heterocycles.